The van der Waals surface area contributed by atoms with E-state index >= 15 is 0 Å². The lowest BCUT2D eigenvalue weighted by Gasteiger charge is -2.03. The highest BCUT2D eigenvalue weighted by Crippen LogP contribution is 2.20. The third-order valence-corrected chi connectivity index (χ3v) is 2.76. The minimum atomic E-state index is 0.578. The van der Waals surface area contributed by atoms with E-state index in [1.165, 1.54) is 0 Å². The Bertz CT molecular complexity index is 488. The first-order chi connectivity index (χ1) is 7.08. The topological polar surface area (TPSA) is 43.3 Å². The SMILES string of the molecule is CC(C)Cc1nc(N)c2ccc(Br)cn12. The molecule has 2 heterocycles. The van der Waals surface area contributed by atoms with Gasteiger partial charge in [-0.05, 0) is 34.0 Å². The molecule has 80 valence electrons. The number of nitrogen functional groups attached to an aromatic ring is 1. The summed E-state index contributed by atoms with van der Waals surface area (Å²) in [7, 11) is 0. The van der Waals surface area contributed by atoms with Gasteiger partial charge in [0, 0.05) is 17.1 Å². The molecule has 0 aliphatic rings. The van der Waals surface area contributed by atoms with Crippen LogP contribution in [0.1, 0.15) is 19.7 Å². The van der Waals surface area contributed by atoms with Gasteiger partial charge in [-0.25, -0.2) is 4.98 Å². The number of pyridine rings is 1. The van der Waals surface area contributed by atoms with Crippen LogP contribution in [0.15, 0.2) is 22.8 Å². The molecule has 0 atom stereocenters. The summed E-state index contributed by atoms with van der Waals surface area (Å²) in [6.07, 6.45) is 2.95. The number of nitrogens with two attached hydrogens (primary N) is 1. The van der Waals surface area contributed by atoms with Gasteiger partial charge in [0.25, 0.3) is 0 Å². The second-order valence-corrected chi connectivity index (χ2v) is 5.03. The standard InChI is InChI=1S/C11H14BrN3/c1-7(2)5-10-14-11(13)9-4-3-8(12)6-15(9)10/h3-4,6-7H,5,13H2,1-2H3. The molecule has 0 saturated carbocycles. The van der Waals surface area contributed by atoms with Crippen molar-refractivity contribution in [3.63, 3.8) is 0 Å². The van der Waals surface area contributed by atoms with Crippen LogP contribution in [-0.4, -0.2) is 9.38 Å². The number of fused-ring (bicyclic) bond motifs is 1. The molecule has 2 aromatic rings. The van der Waals surface area contributed by atoms with Crippen LogP contribution in [-0.2, 0) is 6.42 Å². The van der Waals surface area contributed by atoms with Crippen molar-refractivity contribution in [2.45, 2.75) is 20.3 Å². The minimum absolute atomic E-state index is 0.578. The summed E-state index contributed by atoms with van der Waals surface area (Å²) >= 11 is 3.45. The lowest BCUT2D eigenvalue weighted by Crippen LogP contribution is -2.00. The molecule has 0 fully saturated rings. The quantitative estimate of drug-likeness (QED) is 0.910. The maximum atomic E-state index is 5.86. The zero-order valence-electron chi connectivity index (χ0n) is 8.87. The molecule has 0 amide bonds. The lowest BCUT2D eigenvalue weighted by molar-refractivity contribution is 0.619. The van der Waals surface area contributed by atoms with E-state index in [0.717, 1.165) is 22.2 Å². The number of imidazole rings is 1. The summed E-state index contributed by atoms with van der Waals surface area (Å²) in [4.78, 5) is 4.39. The van der Waals surface area contributed by atoms with Gasteiger partial charge in [0.15, 0.2) is 0 Å². The van der Waals surface area contributed by atoms with Crippen molar-refractivity contribution in [3.8, 4) is 0 Å². The van der Waals surface area contributed by atoms with Gasteiger partial charge in [0.05, 0.1) is 5.52 Å². The highest BCUT2D eigenvalue weighted by atomic mass is 79.9. The van der Waals surface area contributed by atoms with Crippen LogP contribution in [0.5, 0.6) is 0 Å². The molecular formula is C11H14BrN3. The fraction of sp³-hybridized carbons (Fsp3) is 0.364. The Hall–Kier alpha value is -1.03. The molecule has 2 aromatic heterocycles. The first-order valence-corrected chi connectivity index (χ1v) is 5.79. The lowest BCUT2D eigenvalue weighted by atomic mass is 10.1. The molecule has 0 saturated heterocycles. The molecule has 15 heavy (non-hydrogen) atoms. The molecule has 0 aliphatic carbocycles. The number of hydrogen-bond acceptors (Lipinski definition) is 2. The number of anilines is 1. The summed E-state index contributed by atoms with van der Waals surface area (Å²) in [5, 5.41) is 0. The summed E-state index contributed by atoms with van der Waals surface area (Å²) in [5.74, 6) is 2.21. The molecule has 2 N–H and O–H groups in total. The van der Waals surface area contributed by atoms with E-state index in [1.807, 2.05) is 18.3 Å². The second kappa shape index (κ2) is 3.85. The van der Waals surface area contributed by atoms with Crippen molar-refractivity contribution in [2.24, 2.45) is 5.92 Å². The molecule has 3 nitrogen and oxygen atoms in total. The Balaban J connectivity index is 2.59. The Kier molecular flexibility index (Phi) is 2.69. The van der Waals surface area contributed by atoms with E-state index in [9.17, 15) is 0 Å². The molecule has 2 rings (SSSR count). The molecule has 4 heteroatoms. The second-order valence-electron chi connectivity index (χ2n) is 4.11. The predicted octanol–water partition coefficient (Wildman–Crippen LogP) is 2.88. The molecule has 0 radical (unpaired) electrons. The Morgan fingerprint density at radius 2 is 2.20 bits per heavy atom. The number of rotatable bonds is 2. The third kappa shape index (κ3) is 2.00. The van der Waals surface area contributed by atoms with E-state index in [2.05, 4.69) is 39.2 Å². The fourth-order valence-electron chi connectivity index (χ4n) is 1.66. The minimum Gasteiger partial charge on any atom is -0.382 e. The summed E-state index contributed by atoms with van der Waals surface area (Å²) in [6, 6.07) is 3.96. The van der Waals surface area contributed by atoms with Crippen molar-refractivity contribution in [1.29, 1.82) is 0 Å². The van der Waals surface area contributed by atoms with Crippen molar-refractivity contribution in [1.82, 2.24) is 9.38 Å². The zero-order chi connectivity index (χ0) is 11.0. The van der Waals surface area contributed by atoms with E-state index in [0.29, 0.717) is 11.7 Å². The van der Waals surface area contributed by atoms with Gasteiger partial charge in [-0.15, -0.1) is 0 Å². The number of nitrogens with zero attached hydrogens (tertiary/aromatic N) is 2. The van der Waals surface area contributed by atoms with Crippen LogP contribution in [0.2, 0.25) is 0 Å². The average molecular weight is 268 g/mol. The van der Waals surface area contributed by atoms with Gasteiger partial charge in [-0.1, -0.05) is 13.8 Å². The molecule has 0 spiro atoms. The number of halogens is 1. The van der Waals surface area contributed by atoms with Gasteiger partial charge in [-0.3, -0.25) is 0 Å². The van der Waals surface area contributed by atoms with E-state index in [4.69, 9.17) is 5.73 Å². The summed E-state index contributed by atoms with van der Waals surface area (Å²) in [5.41, 5.74) is 6.84. The third-order valence-electron chi connectivity index (χ3n) is 2.29. The van der Waals surface area contributed by atoms with Crippen LogP contribution in [0.4, 0.5) is 5.82 Å². The zero-order valence-corrected chi connectivity index (χ0v) is 10.5. The van der Waals surface area contributed by atoms with Gasteiger partial charge >= 0.3 is 0 Å². The van der Waals surface area contributed by atoms with Crippen LogP contribution in [0, 0.1) is 5.92 Å². The van der Waals surface area contributed by atoms with Gasteiger partial charge < -0.3 is 10.1 Å². The molecular weight excluding hydrogens is 254 g/mol. The molecule has 0 aromatic carbocycles. The van der Waals surface area contributed by atoms with E-state index < -0.39 is 0 Å². The number of hydrogen-bond donors (Lipinski definition) is 1. The van der Waals surface area contributed by atoms with E-state index in [1.54, 1.807) is 0 Å². The largest absolute Gasteiger partial charge is 0.382 e. The predicted molar refractivity (Wildman–Crippen MR) is 65.8 cm³/mol. The molecule has 0 unspecified atom stereocenters. The first kappa shape index (κ1) is 10.5. The molecule has 0 bridgehead atoms. The van der Waals surface area contributed by atoms with Crippen LogP contribution >= 0.6 is 15.9 Å². The Morgan fingerprint density at radius 1 is 1.47 bits per heavy atom. The van der Waals surface area contributed by atoms with Crippen molar-refractivity contribution < 1.29 is 0 Å². The summed E-state index contributed by atoms with van der Waals surface area (Å²) in [6.45, 7) is 4.35. The highest BCUT2D eigenvalue weighted by Gasteiger charge is 2.09. The van der Waals surface area contributed by atoms with Crippen LogP contribution < -0.4 is 5.73 Å². The van der Waals surface area contributed by atoms with Gasteiger partial charge in [0.2, 0.25) is 0 Å². The van der Waals surface area contributed by atoms with Gasteiger partial charge in [-0.2, -0.15) is 0 Å². The highest BCUT2D eigenvalue weighted by molar-refractivity contribution is 9.10. The Morgan fingerprint density at radius 3 is 2.87 bits per heavy atom. The smallest absolute Gasteiger partial charge is 0.149 e. The number of aromatic nitrogens is 2. The average Bonchev–Trinajstić information content (AvgIpc) is 2.42. The molecule has 0 aliphatic heterocycles. The first-order valence-electron chi connectivity index (χ1n) is 5.00. The van der Waals surface area contributed by atoms with Crippen LogP contribution in [0.3, 0.4) is 0 Å². The maximum absolute atomic E-state index is 5.86. The summed E-state index contributed by atoms with van der Waals surface area (Å²) < 4.78 is 3.09. The Labute approximate surface area is 97.4 Å². The van der Waals surface area contributed by atoms with E-state index in [-0.39, 0.29) is 0 Å². The van der Waals surface area contributed by atoms with Crippen molar-refractivity contribution >= 4 is 27.3 Å². The van der Waals surface area contributed by atoms with Crippen molar-refractivity contribution in [3.05, 3.63) is 28.6 Å². The maximum Gasteiger partial charge on any atom is 0.149 e. The van der Waals surface area contributed by atoms with Gasteiger partial charge in [0.1, 0.15) is 11.6 Å². The monoisotopic (exact) mass is 267 g/mol. The van der Waals surface area contributed by atoms with Crippen molar-refractivity contribution in [2.75, 3.05) is 5.73 Å². The normalized spacial score (nSPS) is 11.5. The fourth-order valence-corrected chi connectivity index (χ4v) is 1.99. The van der Waals surface area contributed by atoms with Crippen LogP contribution in [0.25, 0.3) is 5.52 Å².